The fourth-order valence-corrected chi connectivity index (χ4v) is 1.35. The van der Waals surface area contributed by atoms with Crippen molar-refractivity contribution in [3.05, 3.63) is 28.8 Å². The van der Waals surface area contributed by atoms with Crippen LogP contribution in [-0.4, -0.2) is 25.1 Å². The van der Waals surface area contributed by atoms with E-state index in [1.165, 1.54) is 4.90 Å². The van der Waals surface area contributed by atoms with E-state index in [1.807, 2.05) is 0 Å². The van der Waals surface area contributed by atoms with Gasteiger partial charge in [0.25, 0.3) is 0 Å². The number of nitrogens with zero attached hydrogens (tertiary/aromatic N) is 1. The first-order valence-electron chi connectivity index (χ1n) is 4.37. The van der Waals surface area contributed by atoms with Gasteiger partial charge < -0.3 is 15.4 Å². The normalized spacial score (nSPS) is 9.80. The lowest BCUT2D eigenvalue weighted by molar-refractivity contribution is 0.216. The number of nitrogens with two attached hydrogens (primary N) is 1. The number of carbonyl (C=O) groups excluding carboxylic acids is 1. The van der Waals surface area contributed by atoms with E-state index in [4.69, 9.17) is 22.1 Å². The van der Waals surface area contributed by atoms with Crippen molar-refractivity contribution in [3.63, 3.8) is 0 Å². The van der Waals surface area contributed by atoms with E-state index in [1.54, 1.807) is 32.4 Å². The number of ether oxygens (including phenoxy) is 1. The molecule has 0 atom stereocenters. The lowest BCUT2D eigenvalue weighted by atomic mass is 10.2. The van der Waals surface area contributed by atoms with Gasteiger partial charge in [0.1, 0.15) is 5.75 Å². The Balaban J connectivity index is 2.82. The van der Waals surface area contributed by atoms with Crippen LogP contribution in [0, 0.1) is 0 Å². The number of rotatable bonds is 3. The first-order chi connectivity index (χ1) is 7.04. The third kappa shape index (κ3) is 3.02. The van der Waals surface area contributed by atoms with E-state index in [2.05, 4.69) is 0 Å². The SMILES string of the molecule is COc1ccc(CN(C)C(N)=O)c(Cl)c1. The summed E-state index contributed by atoms with van der Waals surface area (Å²) in [4.78, 5) is 12.2. The molecule has 0 aliphatic rings. The summed E-state index contributed by atoms with van der Waals surface area (Å²) >= 11 is 6.00. The Labute approximate surface area is 93.6 Å². The van der Waals surface area contributed by atoms with E-state index in [-0.39, 0.29) is 0 Å². The van der Waals surface area contributed by atoms with Crippen LogP contribution < -0.4 is 10.5 Å². The lowest BCUT2D eigenvalue weighted by Gasteiger charge is -2.15. The van der Waals surface area contributed by atoms with E-state index in [9.17, 15) is 4.79 Å². The summed E-state index contributed by atoms with van der Waals surface area (Å²) in [5.41, 5.74) is 5.94. The first kappa shape index (κ1) is 11.7. The summed E-state index contributed by atoms with van der Waals surface area (Å²) in [5, 5.41) is 0.558. The van der Waals surface area contributed by atoms with Gasteiger partial charge in [0.15, 0.2) is 0 Å². The summed E-state index contributed by atoms with van der Waals surface area (Å²) in [6, 6.07) is 4.81. The summed E-state index contributed by atoms with van der Waals surface area (Å²) in [5.74, 6) is 0.686. The number of primary amides is 1. The van der Waals surface area contributed by atoms with Crippen LogP contribution >= 0.6 is 11.6 Å². The molecule has 0 aliphatic carbocycles. The average Bonchev–Trinajstić information content (AvgIpc) is 2.20. The van der Waals surface area contributed by atoms with Crippen LogP contribution in [-0.2, 0) is 6.54 Å². The fourth-order valence-electron chi connectivity index (χ4n) is 1.12. The molecule has 0 bridgehead atoms. The number of amides is 2. The molecule has 82 valence electrons. The van der Waals surface area contributed by atoms with Crippen LogP contribution in [0.15, 0.2) is 18.2 Å². The maximum absolute atomic E-state index is 10.8. The Morgan fingerprint density at radius 3 is 2.73 bits per heavy atom. The van der Waals surface area contributed by atoms with Crippen LogP contribution in [0.4, 0.5) is 4.79 Å². The highest BCUT2D eigenvalue weighted by Crippen LogP contribution is 2.23. The molecule has 1 aromatic carbocycles. The van der Waals surface area contributed by atoms with Crippen molar-refractivity contribution in [1.82, 2.24) is 4.90 Å². The minimum absolute atomic E-state index is 0.387. The molecule has 0 saturated carbocycles. The Bertz CT molecular complexity index is 368. The molecule has 0 saturated heterocycles. The van der Waals surface area contributed by atoms with Gasteiger partial charge in [-0.25, -0.2) is 4.79 Å². The quantitative estimate of drug-likeness (QED) is 0.859. The standard InChI is InChI=1S/C10H13ClN2O2/c1-13(10(12)14)6-7-3-4-8(15-2)5-9(7)11/h3-5H,6H2,1-2H3,(H2,12,14). The van der Waals surface area contributed by atoms with Crippen LogP contribution in [0.5, 0.6) is 5.75 Å². The minimum atomic E-state index is -0.484. The first-order valence-corrected chi connectivity index (χ1v) is 4.75. The third-order valence-corrected chi connectivity index (χ3v) is 2.40. The molecule has 1 aromatic rings. The van der Waals surface area contributed by atoms with Gasteiger partial charge in [-0.1, -0.05) is 17.7 Å². The summed E-state index contributed by atoms with van der Waals surface area (Å²) < 4.78 is 5.01. The molecule has 15 heavy (non-hydrogen) atoms. The molecule has 0 fully saturated rings. The monoisotopic (exact) mass is 228 g/mol. The highest BCUT2D eigenvalue weighted by molar-refractivity contribution is 6.31. The predicted octanol–water partition coefficient (Wildman–Crippen LogP) is 1.86. The number of hydrogen-bond acceptors (Lipinski definition) is 2. The minimum Gasteiger partial charge on any atom is -0.497 e. The fraction of sp³-hybridized carbons (Fsp3) is 0.300. The molecular weight excluding hydrogens is 216 g/mol. The van der Waals surface area contributed by atoms with Crippen LogP contribution in [0.1, 0.15) is 5.56 Å². The smallest absolute Gasteiger partial charge is 0.314 e. The van der Waals surface area contributed by atoms with E-state index < -0.39 is 6.03 Å². The largest absolute Gasteiger partial charge is 0.497 e. The van der Waals surface area contributed by atoms with Gasteiger partial charge >= 0.3 is 6.03 Å². The Kier molecular flexibility index (Phi) is 3.80. The lowest BCUT2D eigenvalue weighted by Crippen LogP contribution is -2.31. The molecule has 4 nitrogen and oxygen atoms in total. The van der Waals surface area contributed by atoms with Gasteiger partial charge in [-0.15, -0.1) is 0 Å². The highest BCUT2D eigenvalue weighted by Gasteiger charge is 2.07. The summed E-state index contributed by atoms with van der Waals surface area (Å²) in [6.45, 7) is 0.387. The van der Waals surface area contributed by atoms with Crippen LogP contribution in [0.3, 0.4) is 0 Å². The number of halogens is 1. The zero-order valence-corrected chi connectivity index (χ0v) is 9.41. The number of urea groups is 1. The van der Waals surface area contributed by atoms with Crippen LogP contribution in [0.2, 0.25) is 5.02 Å². The molecule has 0 aliphatic heterocycles. The van der Waals surface area contributed by atoms with Crippen molar-refractivity contribution in [1.29, 1.82) is 0 Å². The summed E-state index contributed by atoms with van der Waals surface area (Å²) in [6.07, 6.45) is 0. The highest BCUT2D eigenvalue weighted by atomic mass is 35.5. The van der Waals surface area contributed by atoms with Crippen molar-refractivity contribution in [3.8, 4) is 5.75 Å². The van der Waals surface area contributed by atoms with E-state index >= 15 is 0 Å². The second kappa shape index (κ2) is 4.89. The van der Waals surface area contributed by atoms with Gasteiger partial charge in [-0.3, -0.25) is 0 Å². The van der Waals surface area contributed by atoms with Gasteiger partial charge in [-0.2, -0.15) is 0 Å². The van der Waals surface area contributed by atoms with Gasteiger partial charge in [-0.05, 0) is 17.7 Å². The van der Waals surface area contributed by atoms with E-state index in [0.29, 0.717) is 17.3 Å². The Morgan fingerprint density at radius 2 is 2.27 bits per heavy atom. The van der Waals surface area contributed by atoms with Crippen molar-refractivity contribution in [2.45, 2.75) is 6.54 Å². The molecule has 2 N–H and O–H groups in total. The molecule has 0 heterocycles. The maximum atomic E-state index is 10.8. The Morgan fingerprint density at radius 1 is 1.60 bits per heavy atom. The van der Waals surface area contributed by atoms with Gasteiger partial charge in [0.05, 0.1) is 7.11 Å². The van der Waals surface area contributed by atoms with Crippen molar-refractivity contribution in [2.24, 2.45) is 5.73 Å². The molecular formula is C10H13ClN2O2. The molecule has 0 unspecified atom stereocenters. The molecule has 0 spiro atoms. The number of benzene rings is 1. The molecule has 1 rings (SSSR count). The average molecular weight is 229 g/mol. The zero-order valence-electron chi connectivity index (χ0n) is 8.66. The third-order valence-electron chi connectivity index (χ3n) is 2.04. The topological polar surface area (TPSA) is 55.6 Å². The number of hydrogen-bond donors (Lipinski definition) is 1. The molecule has 0 aromatic heterocycles. The second-order valence-electron chi connectivity index (χ2n) is 3.15. The van der Waals surface area contributed by atoms with E-state index in [0.717, 1.165) is 5.56 Å². The predicted molar refractivity (Wildman–Crippen MR) is 59.1 cm³/mol. The molecule has 2 amide bonds. The molecule has 0 radical (unpaired) electrons. The van der Waals surface area contributed by atoms with Crippen LogP contribution in [0.25, 0.3) is 0 Å². The Hall–Kier alpha value is -1.42. The maximum Gasteiger partial charge on any atom is 0.314 e. The van der Waals surface area contributed by atoms with Crippen molar-refractivity contribution < 1.29 is 9.53 Å². The van der Waals surface area contributed by atoms with Crippen molar-refractivity contribution >= 4 is 17.6 Å². The van der Waals surface area contributed by atoms with Crippen molar-refractivity contribution in [2.75, 3.05) is 14.2 Å². The second-order valence-corrected chi connectivity index (χ2v) is 3.56. The zero-order chi connectivity index (χ0) is 11.4. The van der Waals surface area contributed by atoms with Gasteiger partial charge in [0.2, 0.25) is 0 Å². The number of carbonyl (C=O) groups is 1. The summed E-state index contributed by atoms with van der Waals surface area (Å²) in [7, 11) is 3.18. The molecule has 5 heteroatoms. The van der Waals surface area contributed by atoms with Gasteiger partial charge in [0, 0.05) is 18.6 Å². The number of methoxy groups -OCH3 is 1.